The summed E-state index contributed by atoms with van der Waals surface area (Å²) in [5.74, 6) is 0.0894. The number of benzene rings is 1. The largest absolute Gasteiger partial charge is 0.483 e. The smallest absolute Gasteiger partial charge is 0.290 e. The molecule has 1 aliphatic carbocycles. The van der Waals surface area contributed by atoms with E-state index in [4.69, 9.17) is 9.90 Å². The van der Waals surface area contributed by atoms with Crippen molar-refractivity contribution in [3.63, 3.8) is 0 Å². The summed E-state index contributed by atoms with van der Waals surface area (Å²) in [4.78, 5) is 27.1. The van der Waals surface area contributed by atoms with Gasteiger partial charge in [-0.2, -0.15) is 0 Å². The molecule has 0 saturated heterocycles. The number of carbonyl (C=O) groups excluding carboxylic acids is 1. The maximum absolute atomic E-state index is 12.7. The van der Waals surface area contributed by atoms with Gasteiger partial charge in [-0.3, -0.25) is 14.6 Å². The Hall–Kier alpha value is -2.69. The molecular formula is C19H22N2O3. The topological polar surface area (TPSA) is 70.5 Å². The van der Waals surface area contributed by atoms with Gasteiger partial charge in [0.2, 0.25) is 0 Å². The maximum Gasteiger partial charge on any atom is 0.290 e. The van der Waals surface area contributed by atoms with Crippen molar-refractivity contribution >= 4 is 12.4 Å². The molecule has 0 unspecified atom stereocenters. The number of carboxylic acid groups (broad SMARTS) is 1. The third-order valence-corrected chi connectivity index (χ3v) is 4.21. The Morgan fingerprint density at radius 3 is 2.58 bits per heavy atom. The zero-order valence-electron chi connectivity index (χ0n) is 14.0. The van der Waals surface area contributed by atoms with Crippen molar-refractivity contribution in [1.82, 2.24) is 9.88 Å². The number of rotatable bonds is 4. The minimum absolute atomic E-state index is 0.0894. The quantitative estimate of drug-likeness (QED) is 0.876. The van der Waals surface area contributed by atoms with Crippen LogP contribution >= 0.6 is 0 Å². The van der Waals surface area contributed by atoms with Crippen molar-refractivity contribution in [3.8, 4) is 0 Å². The summed E-state index contributed by atoms with van der Waals surface area (Å²) in [5.41, 5.74) is 4.47. The molecule has 1 aliphatic rings. The van der Waals surface area contributed by atoms with Crippen LogP contribution in [0.5, 0.6) is 0 Å². The molecule has 1 N–H and O–H groups in total. The fourth-order valence-corrected chi connectivity index (χ4v) is 2.57. The van der Waals surface area contributed by atoms with Gasteiger partial charge in [0, 0.05) is 25.0 Å². The number of carbonyl (C=O) groups is 2. The second-order valence-corrected chi connectivity index (χ2v) is 5.87. The van der Waals surface area contributed by atoms with E-state index in [1.54, 1.807) is 12.4 Å². The van der Waals surface area contributed by atoms with Crippen LogP contribution in [0.1, 0.15) is 39.9 Å². The average Bonchev–Trinajstić information content (AvgIpc) is 3.42. The first kappa shape index (κ1) is 17.7. The monoisotopic (exact) mass is 326 g/mol. The molecule has 0 aliphatic heterocycles. The second kappa shape index (κ2) is 8.24. The summed E-state index contributed by atoms with van der Waals surface area (Å²) in [6.45, 7) is 4.68. The normalized spacial score (nSPS) is 12.8. The van der Waals surface area contributed by atoms with E-state index in [1.807, 2.05) is 17.0 Å². The molecule has 5 nitrogen and oxygen atoms in total. The lowest BCUT2D eigenvalue weighted by Gasteiger charge is -2.24. The van der Waals surface area contributed by atoms with Gasteiger partial charge in [-0.05, 0) is 55.5 Å². The minimum atomic E-state index is -0.250. The Morgan fingerprint density at radius 2 is 2.00 bits per heavy atom. The molecule has 0 radical (unpaired) electrons. The Kier molecular flexibility index (Phi) is 6.07. The van der Waals surface area contributed by atoms with Crippen LogP contribution in [0.25, 0.3) is 0 Å². The Balaban J connectivity index is 0.000000647. The molecule has 1 saturated carbocycles. The molecule has 1 heterocycles. The predicted molar refractivity (Wildman–Crippen MR) is 91.7 cm³/mol. The van der Waals surface area contributed by atoms with E-state index < -0.39 is 0 Å². The molecule has 1 aromatic heterocycles. The zero-order chi connectivity index (χ0) is 17.5. The molecule has 126 valence electrons. The number of nitrogens with zero attached hydrogens (tertiary/aromatic N) is 2. The number of hydrogen-bond acceptors (Lipinski definition) is 3. The summed E-state index contributed by atoms with van der Waals surface area (Å²) < 4.78 is 0. The number of hydrogen-bond donors (Lipinski definition) is 1. The maximum atomic E-state index is 12.7. The third-order valence-electron chi connectivity index (χ3n) is 4.21. The van der Waals surface area contributed by atoms with Crippen LogP contribution in [0.4, 0.5) is 0 Å². The molecule has 0 bridgehead atoms. The molecule has 0 atom stereocenters. The summed E-state index contributed by atoms with van der Waals surface area (Å²) in [7, 11) is 0. The predicted octanol–water partition coefficient (Wildman–Crippen LogP) is 3.20. The Labute approximate surface area is 142 Å². The van der Waals surface area contributed by atoms with Gasteiger partial charge in [-0.15, -0.1) is 0 Å². The fourth-order valence-electron chi connectivity index (χ4n) is 2.57. The number of aryl methyl sites for hydroxylation is 1. The van der Waals surface area contributed by atoms with Gasteiger partial charge in [0.1, 0.15) is 0 Å². The van der Waals surface area contributed by atoms with E-state index in [2.05, 4.69) is 37.0 Å². The standard InChI is InChI=1S/C18H20N2O.CH2O2/c1-13-5-3-6-16(14(13)2)12-20(17-8-9-17)18(21)15-7-4-10-19-11-15;2-1-3/h3-7,10-11,17H,8-9,12H2,1-2H3;1H,(H,2,3). The van der Waals surface area contributed by atoms with E-state index in [9.17, 15) is 4.79 Å². The van der Waals surface area contributed by atoms with Crippen molar-refractivity contribution < 1.29 is 14.7 Å². The van der Waals surface area contributed by atoms with E-state index in [0.717, 1.165) is 12.8 Å². The van der Waals surface area contributed by atoms with Gasteiger partial charge < -0.3 is 10.0 Å². The Morgan fingerprint density at radius 1 is 1.29 bits per heavy atom. The zero-order valence-corrected chi connectivity index (χ0v) is 14.0. The van der Waals surface area contributed by atoms with Crippen LogP contribution in [-0.2, 0) is 11.3 Å². The first-order valence-electron chi connectivity index (χ1n) is 7.92. The van der Waals surface area contributed by atoms with Crippen LogP contribution in [0.2, 0.25) is 0 Å². The van der Waals surface area contributed by atoms with E-state index in [-0.39, 0.29) is 12.4 Å². The highest BCUT2D eigenvalue weighted by Gasteiger charge is 2.33. The van der Waals surface area contributed by atoms with Gasteiger partial charge in [0.25, 0.3) is 12.4 Å². The van der Waals surface area contributed by atoms with Crippen LogP contribution in [0, 0.1) is 13.8 Å². The van der Waals surface area contributed by atoms with Gasteiger partial charge in [0.05, 0.1) is 5.56 Å². The highest BCUT2D eigenvalue weighted by molar-refractivity contribution is 5.94. The van der Waals surface area contributed by atoms with E-state index in [1.165, 1.54) is 16.7 Å². The van der Waals surface area contributed by atoms with Gasteiger partial charge in [-0.1, -0.05) is 18.2 Å². The molecule has 1 fully saturated rings. The van der Waals surface area contributed by atoms with Crippen molar-refractivity contribution in [2.24, 2.45) is 0 Å². The van der Waals surface area contributed by atoms with Crippen molar-refractivity contribution in [1.29, 1.82) is 0 Å². The minimum Gasteiger partial charge on any atom is -0.483 e. The second-order valence-electron chi connectivity index (χ2n) is 5.87. The SMILES string of the molecule is Cc1cccc(CN(C(=O)c2cccnc2)C2CC2)c1C.O=CO. The molecule has 5 heteroatoms. The molecule has 1 amide bonds. The molecule has 0 spiro atoms. The molecule has 3 rings (SSSR count). The number of aromatic nitrogens is 1. The van der Waals surface area contributed by atoms with Crippen LogP contribution < -0.4 is 0 Å². The first-order chi connectivity index (χ1) is 11.6. The van der Waals surface area contributed by atoms with Crippen LogP contribution in [0.3, 0.4) is 0 Å². The van der Waals surface area contributed by atoms with Crippen molar-refractivity contribution in [2.45, 2.75) is 39.3 Å². The van der Waals surface area contributed by atoms with Gasteiger partial charge in [0.15, 0.2) is 0 Å². The summed E-state index contributed by atoms with van der Waals surface area (Å²) in [6.07, 6.45) is 5.57. The van der Waals surface area contributed by atoms with E-state index >= 15 is 0 Å². The lowest BCUT2D eigenvalue weighted by atomic mass is 10.0. The lowest BCUT2D eigenvalue weighted by molar-refractivity contribution is -0.122. The van der Waals surface area contributed by atoms with Crippen LogP contribution in [0.15, 0.2) is 42.7 Å². The third kappa shape index (κ3) is 4.41. The summed E-state index contributed by atoms with van der Waals surface area (Å²) in [6, 6.07) is 10.3. The molecular weight excluding hydrogens is 304 g/mol. The van der Waals surface area contributed by atoms with Crippen LogP contribution in [-0.4, -0.2) is 33.4 Å². The summed E-state index contributed by atoms with van der Waals surface area (Å²) in [5, 5.41) is 6.89. The molecule has 1 aromatic carbocycles. The molecule has 24 heavy (non-hydrogen) atoms. The van der Waals surface area contributed by atoms with Crippen molar-refractivity contribution in [2.75, 3.05) is 0 Å². The fraction of sp³-hybridized carbons (Fsp3) is 0.316. The first-order valence-corrected chi connectivity index (χ1v) is 7.92. The number of pyridine rings is 1. The van der Waals surface area contributed by atoms with Gasteiger partial charge in [-0.25, -0.2) is 0 Å². The number of amides is 1. The summed E-state index contributed by atoms with van der Waals surface area (Å²) >= 11 is 0. The van der Waals surface area contributed by atoms with Crippen molar-refractivity contribution in [3.05, 3.63) is 65.0 Å². The van der Waals surface area contributed by atoms with Gasteiger partial charge >= 0.3 is 0 Å². The van der Waals surface area contributed by atoms with E-state index in [0.29, 0.717) is 18.2 Å². The molecule has 2 aromatic rings. The highest BCUT2D eigenvalue weighted by atomic mass is 16.3. The average molecular weight is 326 g/mol. The highest BCUT2D eigenvalue weighted by Crippen LogP contribution is 2.30. The lowest BCUT2D eigenvalue weighted by Crippen LogP contribution is -2.33. The Bertz CT molecular complexity index is 697.